The quantitative estimate of drug-likeness (QED) is 0.765. The van der Waals surface area contributed by atoms with Crippen LogP contribution in [0.5, 0.6) is 5.75 Å². The maximum atomic E-state index is 14.1. The molecule has 2 aromatic rings. The Morgan fingerprint density at radius 1 is 1.37 bits per heavy atom. The summed E-state index contributed by atoms with van der Waals surface area (Å²) in [5.41, 5.74) is -1.85. The van der Waals surface area contributed by atoms with Crippen molar-refractivity contribution in [2.24, 2.45) is 0 Å². The highest BCUT2D eigenvalue weighted by Crippen LogP contribution is 2.53. The van der Waals surface area contributed by atoms with Gasteiger partial charge in [0, 0.05) is 24.8 Å². The third-order valence-corrected chi connectivity index (χ3v) is 6.25. The number of nitrogens with zero attached hydrogens (tertiary/aromatic N) is 2. The maximum Gasteiger partial charge on any atom is 0.276 e. The Hall–Kier alpha value is -2.91. The van der Waals surface area contributed by atoms with Gasteiger partial charge in [-0.1, -0.05) is 23.7 Å². The summed E-state index contributed by atoms with van der Waals surface area (Å²) in [6.45, 7) is 0.555. The molecule has 5 rings (SSSR count). The number of hydrogen-bond acceptors (Lipinski definition) is 5. The molecule has 2 amide bonds. The number of carbonyl (C=O) groups is 2. The van der Waals surface area contributed by atoms with E-state index in [1.165, 1.54) is 27.8 Å². The highest BCUT2D eigenvalue weighted by Gasteiger charge is 2.61. The van der Waals surface area contributed by atoms with E-state index < -0.39 is 40.6 Å². The first-order valence-corrected chi connectivity index (χ1v) is 9.86. The van der Waals surface area contributed by atoms with Crippen molar-refractivity contribution < 1.29 is 23.8 Å². The smallest absolute Gasteiger partial charge is 0.276 e. The van der Waals surface area contributed by atoms with Gasteiger partial charge in [-0.05, 0) is 18.9 Å². The van der Waals surface area contributed by atoms with E-state index in [9.17, 15) is 23.9 Å². The maximum absolute atomic E-state index is 14.1. The van der Waals surface area contributed by atoms with Crippen LogP contribution in [0.2, 0.25) is 5.02 Å². The van der Waals surface area contributed by atoms with E-state index in [0.717, 1.165) is 0 Å². The van der Waals surface area contributed by atoms with Crippen molar-refractivity contribution in [3.05, 3.63) is 62.3 Å². The van der Waals surface area contributed by atoms with Crippen LogP contribution in [-0.4, -0.2) is 45.8 Å². The van der Waals surface area contributed by atoms with Gasteiger partial charge in [0.1, 0.15) is 11.4 Å². The van der Waals surface area contributed by atoms with Gasteiger partial charge in [-0.3, -0.25) is 14.4 Å². The fraction of sp³-hybridized carbons (Fsp3) is 0.350. The van der Waals surface area contributed by atoms with Crippen LogP contribution in [0, 0.1) is 5.82 Å². The molecule has 30 heavy (non-hydrogen) atoms. The van der Waals surface area contributed by atoms with Crippen molar-refractivity contribution in [3.8, 4) is 5.75 Å². The zero-order valence-electron chi connectivity index (χ0n) is 15.7. The Morgan fingerprint density at radius 2 is 2.13 bits per heavy atom. The molecule has 1 aromatic heterocycles. The van der Waals surface area contributed by atoms with Crippen LogP contribution in [-0.2, 0) is 16.8 Å². The Bertz CT molecular complexity index is 1160. The molecule has 2 N–H and O–H groups in total. The summed E-state index contributed by atoms with van der Waals surface area (Å²) in [6, 6.07) is 4.39. The van der Waals surface area contributed by atoms with Gasteiger partial charge >= 0.3 is 0 Å². The molecule has 2 aliphatic heterocycles. The molecule has 8 nitrogen and oxygen atoms in total. The van der Waals surface area contributed by atoms with Crippen LogP contribution < -0.4 is 10.7 Å². The summed E-state index contributed by atoms with van der Waals surface area (Å²) < 4.78 is 21.3. The van der Waals surface area contributed by atoms with Gasteiger partial charge in [0.05, 0.1) is 17.2 Å². The van der Waals surface area contributed by atoms with Gasteiger partial charge < -0.3 is 24.6 Å². The minimum Gasteiger partial charge on any atom is -0.503 e. The van der Waals surface area contributed by atoms with Gasteiger partial charge in [-0.2, -0.15) is 0 Å². The van der Waals surface area contributed by atoms with Crippen molar-refractivity contribution in [1.29, 1.82) is 0 Å². The van der Waals surface area contributed by atoms with Crippen LogP contribution in [0.15, 0.2) is 29.2 Å². The second kappa shape index (κ2) is 6.55. The third kappa shape index (κ3) is 2.58. The fourth-order valence-electron chi connectivity index (χ4n) is 4.27. The Kier molecular flexibility index (Phi) is 4.16. The van der Waals surface area contributed by atoms with E-state index >= 15 is 0 Å². The predicted molar refractivity (Wildman–Crippen MR) is 103 cm³/mol. The predicted octanol–water partition coefficient (Wildman–Crippen LogP) is 1.58. The lowest BCUT2D eigenvalue weighted by atomic mass is 10.0. The highest BCUT2D eigenvalue weighted by atomic mass is 35.5. The molecular formula is C20H17ClFN3O5. The van der Waals surface area contributed by atoms with Gasteiger partial charge in [0.15, 0.2) is 17.7 Å². The number of halogens is 2. The van der Waals surface area contributed by atoms with Crippen LogP contribution in [0.1, 0.15) is 39.3 Å². The van der Waals surface area contributed by atoms with Crippen molar-refractivity contribution in [2.75, 3.05) is 13.2 Å². The molecule has 1 saturated carbocycles. The first kappa shape index (κ1) is 19.1. The number of rotatable bonds is 3. The lowest BCUT2D eigenvalue weighted by Crippen LogP contribution is -2.53. The molecule has 0 radical (unpaired) electrons. The molecule has 1 aromatic carbocycles. The van der Waals surface area contributed by atoms with Crippen molar-refractivity contribution in [1.82, 2.24) is 14.8 Å². The second-order valence-corrected chi connectivity index (χ2v) is 8.07. The minimum atomic E-state index is -0.951. The van der Waals surface area contributed by atoms with E-state index in [0.29, 0.717) is 26.0 Å². The van der Waals surface area contributed by atoms with E-state index in [1.807, 2.05) is 0 Å². The molecule has 3 aliphatic rings. The standard InChI is InChI=1S/C20H17ClFN3O5/c21-12-3-1-2-10(13(12)22)8-23-17(28)11-9-25-14(16(27)15(11)26)18(29)24-6-7-30-19(24)20(25)4-5-20/h1-3,9,19,27H,4-8H2,(H,23,28). The molecule has 1 saturated heterocycles. The summed E-state index contributed by atoms with van der Waals surface area (Å²) in [5.74, 6) is -2.72. The van der Waals surface area contributed by atoms with Crippen LogP contribution in [0.25, 0.3) is 0 Å². The Labute approximate surface area is 174 Å². The van der Waals surface area contributed by atoms with E-state index in [-0.39, 0.29) is 28.4 Å². The monoisotopic (exact) mass is 433 g/mol. The normalized spacial score (nSPS) is 20.8. The van der Waals surface area contributed by atoms with E-state index in [4.69, 9.17) is 16.3 Å². The molecule has 1 spiro atoms. The van der Waals surface area contributed by atoms with Gasteiger partial charge in [0.2, 0.25) is 5.43 Å². The average molecular weight is 434 g/mol. The number of aromatic nitrogens is 1. The Balaban J connectivity index is 1.51. The Morgan fingerprint density at radius 3 is 2.87 bits per heavy atom. The second-order valence-electron chi connectivity index (χ2n) is 7.66. The first-order chi connectivity index (χ1) is 14.3. The van der Waals surface area contributed by atoms with Crippen molar-refractivity contribution in [2.45, 2.75) is 31.2 Å². The molecule has 1 aliphatic carbocycles. The number of aromatic hydroxyl groups is 1. The first-order valence-electron chi connectivity index (χ1n) is 9.48. The molecule has 3 heterocycles. The number of benzene rings is 1. The molecule has 1 unspecified atom stereocenters. The summed E-state index contributed by atoms with van der Waals surface area (Å²) in [6.07, 6.45) is 2.18. The van der Waals surface area contributed by atoms with Crippen molar-refractivity contribution in [3.63, 3.8) is 0 Å². The lowest BCUT2D eigenvalue weighted by molar-refractivity contribution is -0.0252. The largest absolute Gasteiger partial charge is 0.503 e. The number of nitrogens with one attached hydrogen (secondary N) is 1. The van der Waals surface area contributed by atoms with Crippen LogP contribution in [0.3, 0.4) is 0 Å². The van der Waals surface area contributed by atoms with Crippen molar-refractivity contribution >= 4 is 23.4 Å². The summed E-state index contributed by atoms with van der Waals surface area (Å²) >= 11 is 5.75. The third-order valence-electron chi connectivity index (χ3n) is 5.95. The molecule has 10 heteroatoms. The number of hydrogen-bond donors (Lipinski definition) is 2. The van der Waals surface area contributed by atoms with Gasteiger partial charge in [-0.15, -0.1) is 0 Å². The van der Waals surface area contributed by atoms with Crippen LogP contribution >= 0.6 is 11.6 Å². The summed E-state index contributed by atoms with van der Waals surface area (Å²) in [7, 11) is 0. The SMILES string of the molecule is O=C(NCc1cccc(Cl)c1F)c1cn2c(c(O)c1=O)C(=O)N1CCOC1C21CC1. The number of fused-ring (bicyclic) bond motifs is 4. The van der Waals surface area contributed by atoms with E-state index in [1.54, 1.807) is 6.07 Å². The lowest BCUT2D eigenvalue weighted by Gasteiger charge is -2.39. The zero-order chi connectivity index (χ0) is 21.2. The molecular weight excluding hydrogens is 417 g/mol. The fourth-order valence-corrected chi connectivity index (χ4v) is 4.46. The minimum absolute atomic E-state index is 0.0800. The number of ether oxygens (including phenoxy) is 1. The zero-order valence-corrected chi connectivity index (χ0v) is 16.4. The average Bonchev–Trinajstić information content (AvgIpc) is 3.36. The topological polar surface area (TPSA) is 101 Å². The molecule has 156 valence electrons. The number of pyridine rings is 1. The summed E-state index contributed by atoms with van der Waals surface area (Å²) in [5, 5.41) is 12.9. The van der Waals surface area contributed by atoms with Gasteiger partial charge in [-0.25, -0.2) is 4.39 Å². The molecule has 1 atom stereocenters. The van der Waals surface area contributed by atoms with E-state index in [2.05, 4.69) is 5.32 Å². The van der Waals surface area contributed by atoms with Gasteiger partial charge in [0.25, 0.3) is 11.8 Å². The molecule has 2 fully saturated rings. The number of carbonyl (C=O) groups excluding carboxylic acids is 2. The number of amides is 2. The highest BCUT2D eigenvalue weighted by molar-refractivity contribution is 6.30. The van der Waals surface area contributed by atoms with Crippen LogP contribution in [0.4, 0.5) is 4.39 Å². The molecule has 0 bridgehead atoms. The summed E-state index contributed by atoms with van der Waals surface area (Å²) in [4.78, 5) is 39.7.